The summed E-state index contributed by atoms with van der Waals surface area (Å²) >= 11 is 0. The highest BCUT2D eigenvalue weighted by molar-refractivity contribution is 5.76. The van der Waals surface area contributed by atoms with E-state index in [1.165, 1.54) is 6.07 Å². The minimum Gasteiger partial charge on any atom is -0.310 e. The third-order valence-electron chi connectivity index (χ3n) is 3.33. The molecule has 0 aliphatic rings. The molecule has 1 aromatic heterocycles. The Hall–Kier alpha value is -2.27. The van der Waals surface area contributed by atoms with Gasteiger partial charge in [-0.15, -0.1) is 5.10 Å². The van der Waals surface area contributed by atoms with E-state index in [2.05, 4.69) is 29.5 Å². The van der Waals surface area contributed by atoms with E-state index in [9.17, 15) is 4.39 Å². The van der Waals surface area contributed by atoms with E-state index in [1.807, 2.05) is 30.3 Å². The molecular weight excluding hydrogens is 267 g/mol. The second kappa shape index (κ2) is 5.61. The Morgan fingerprint density at radius 3 is 2.76 bits per heavy atom. The molecule has 0 aliphatic heterocycles. The van der Waals surface area contributed by atoms with Crippen molar-refractivity contribution in [2.45, 2.75) is 26.4 Å². The summed E-state index contributed by atoms with van der Waals surface area (Å²) < 4.78 is 15.9. The molecule has 0 unspecified atom stereocenters. The number of benzene rings is 2. The fourth-order valence-electron chi connectivity index (χ4n) is 2.29. The molecule has 108 valence electrons. The molecule has 3 rings (SSSR count). The van der Waals surface area contributed by atoms with E-state index in [0.717, 1.165) is 16.6 Å². The Kier molecular flexibility index (Phi) is 3.66. The van der Waals surface area contributed by atoms with E-state index in [0.29, 0.717) is 18.3 Å². The quantitative estimate of drug-likeness (QED) is 0.800. The van der Waals surface area contributed by atoms with Crippen molar-refractivity contribution in [3.05, 3.63) is 53.8 Å². The summed E-state index contributed by atoms with van der Waals surface area (Å²) in [6.07, 6.45) is 0. The Bertz CT molecular complexity index is 764. The van der Waals surface area contributed by atoms with Crippen LogP contribution in [0.2, 0.25) is 0 Å². The Morgan fingerprint density at radius 1 is 1.14 bits per heavy atom. The number of rotatable bonds is 4. The summed E-state index contributed by atoms with van der Waals surface area (Å²) in [5.41, 5.74) is 2.87. The van der Waals surface area contributed by atoms with Gasteiger partial charge in [-0.05, 0) is 23.8 Å². The standard InChI is InChI=1S/C16H17FN4/c1-11(2)18-10-12-6-5-7-13(17)16(12)21-15-9-4-3-8-14(15)19-20-21/h3-9,11,18H,10H2,1-2H3. The predicted molar refractivity (Wildman–Crippen MR) is 80.8 cm³/mol. The van der Waals surface area contributed by atoms with Crippen LogP contribution >= 0.6 is 0 Å². The van der Waals surface area contributed by atoms with Crippen molar-refractivity contribution in [2.75, 3.05) is 0 Å². The monoisotopic (exact) mass is 284 g/mol. The molecule has 5 heteroatoms. The number of nitrogens with zero attached hydrogens (tertiary/aromatic N) is 3. The van der Waals surface area contributed by atoms with Crippen molar-refractivity contribution in [1.82, 2.24) is 20.3 Å². The average Bonchev–Trinajstić information content (AvgIpc) is 2.89. The largest absolute Gasteiger partial charge is 0.310 e. The number of para-hydroxylation sites is 2. The van der Waals surface area contributed by atoms with Gasteiger partial charge in [0, 0.05) is 12.6 Å². The van der Waals surface area contributed by atoms with Crippen LogP contribution in [-0.2, 0) is 6.54 Å². The van der Waals surface area contributed by atoms with Crippen molar-refractivity contribution in [2.24, 2.45) is 0 Å². The lowest BCUT2D eigenvalue weighted by Gasteiger charge is -2.13. The summed E-state index contributed by atoms with van der Waals surface area (Å²) in [4.78, 5) is 0. The molecule has 0 radical (unpaired) electrons. The number of aromatic nitrogens is 3. The zero-order valence-electron chi connectivity index (χ0n) is 12.0. The SMILES string of the molecule is CC(C)NCc1cccc(F)c1-n1nnc2ccccc21. The van der Waals surface area contributed by atoms with Crippen molar-refractivity contribution in [3.63, 3.8) is 0 Å². The summed E-state index contributed by atoms with van der Waals surface area (Å²) in [7, 11) is 0. The summed E-state index contributed by atoms with van der Waals surface area (Å²) in [6, 6.07) is 12.9. The number of nitrogens with one attached hydrogen (secondary N) is 1. The molecule has 0 atom stereocenters. The highest BCUT2D eigenvalue weighted by atomic mass is 19.1. The van der Waals surface area contributed by atoms with Crippen LogP contribution < -0.4 is 5.32 Å². The number of halogens is 1. The smallest absolute Gasteiger partial charge is 0.149 e. The Morgan fingerprint density at radius 2 is 1.95 bits per heavy atom. The molecule has 0 amide bonds. The molecule has 0 bridgehead atoms. The van der Waals surface area contributed by atoms with Crippen LogP contribution in [0.5, 0.6) is 0 Å². The molecule has 0 spiro atoms. The van der Waals surface area contributed by atoms with Crippen molar-refractivity contribution < 1.29 is 4.39 Å². The van der Waals surface area contributed by atoms with Crippen molar-refractivity contribution in [3.8, 4) is 5.69 Å². The summed E-state index contributed by atoms with van der Waals surface area (Å²) in [6.45, 7) is 4.70. The van der Waals surface area contributed by atoms with Gasteiger partial charge in [-0.25, -0.2) is 9.07 Å². The molecule has 0 fully saturated rings. The molecule has 1 N–H and O–H groups in total. The maximum Gasteiger partial charge on any atom is 0.149 e. The molecule has 4 nitrogen and oxygen atoms in total. The number of hydrogen-bond acceptors (Lipinski definition) is 3. The molecule has 0 saturated heterocycles. The van der Waals surface area contributed by atoms with E-state index in [1.54, 1.807) is 10.7 Å². The Labute approximate surface area is 122 Å². The van der Waals surface area contributed by atoms with E-state index < -0.39 is 0 Å². The molecular formula is C16H17FN4. The first-order valence-corrected chi connectivity index (χ1v) is 6.98. The molecule has 3 aromatic rings. The molecule has 0 aliphatic carbocycles. The van der Waals surface area contributed by atoms with Gasteiger partial charge in [0.15, 0.2) is 0 Å². The zero-order valence-corrected chi connectivity index (χ0v) is 12.0. The minimum absolute atomic E-state index is 0.297. The topological polar surface area (TPSA) is 42.7 Å². The fourth-order valence-corrected chi connectivity index (χ4v) is 2.29. The highest BCUT2D eigenvalue weighted by Crippen LogP contribution is 2.22. The van der Waals surface area contributed by atoms with Gasteiger partial charge in [-0.2, -0.15) is 0 Å². The normalized spacial score (nSPS) is 11.4. The van der Waals surface area contributed by atoms with Crippen LogP contribution in [0.3, 0.4) is 0 Å². The van der Waals surface area contributed by atoms with Gasteiger partial charge in [0.25, 0.3) is 0 Å². The highest BCUT2D eigenvalue weighted by Gasteiger charge is 2.14. The first-order valence-electron chi connectivity index (χ1n) is 6.98. The van der Waals surface area contributed by atoms with Gasteiger partial charge in [0.1, 0.15) is 17.0 Å². The third kappa shape index (κ3) is 2.64. The number of fused-ring (bicyclic) bond motifs is 1. The summed E-state index contributed by atoms with van der Waals surface area (Å²) in [5, 5.41) is 11.5. The van der Waals surface area contributed by atoms with Crippen LogP contribution in [0, 0.1) is 5.82 Å². The zero-order chi connectivity index (χ0) is 14.8. The van der Waals surface area contributed by atoms with Crippen LogP contribution in [0.25, 0.3) is 16.7 Å². The summed E-state index contributed by atoms with van der Waals surface area (Å²) in [5.74, 6) is -0.297. The van der Waals surface area contributed by atoms with Crippen molar-refractivity contribution >= 4 is 11.0 Å². The van der Waals surface area contributed by atoms with Crippen molar-refractivity contribution in [1.29, 1.82) is 0 Å². The lowest BCUT2D eigenvalue weighted by Crippen LogP contribution is -2.23. The van der Waals surface area contributed by atoms with E-state index in [-0.39, 0.29) is 5.82 Å². The third-order valence-corrected chi connectivity index (χ3v) is 3.33. The maximum absolute atomic E-state index is 14.3. The van der Waals surface area contributed by atoms with Gasteiger partial charge in [0.2, 0.25) is 0 Å². The Balaban J connectivity index is 2.12. The van der Waals surface area contributed by atoms with Gasteiger partial charge in [0.05, 0.1) is 5.52 Å². The first kappa shape index (κ1) is 13.7. The van der Waals surface area contributed by atoms with Crippen LogP contribution in [-0.4, -0.2) is 21.0 Å². The van der Waals surface area contributed by atoms with Gasteiger partial charge < -0.3 is 5.32 Å². The molecule has 0 saturated carbocycles. The van der Waals surface area contributed by atoms with Gasteiger partial charge >= 0.3 is 0 Å². The molecule has 2 aromatic carbocycles. The minimum atomic E-state index is -0.297. The van der Waals surface area contributed by atoms with Crippen LogP contribution in [0.1, 0.15) is 19.4 Å². The van der Waals surface area contributed by atoms with E-state index in [4.69, 9.17) is 0 Å². The second-order valence-electron chi connectivity index (χ2n) is 5.27. The van der Waals surface area contributed by atoms with E-state index >= 15 is 0 Å². The second-order valence-corrected chi connectivity index (χ2v) is 5.27. The van der Waals surface area contributed by atoms with Gasteiger partial charge in [-0.1, -0.05) is 43.3 Å². The first-order chi connectivity index (χ1) is 10.2. The lowest BCUT2D eigenvalue weighted by molar-refractivity contribution is 0.572. The van der Waals surface area contributed by atoms with Crippen LogP contribution in [0.4, 0.5) is 4.39 Å². The molecule has 21 heavy (non-hydrogen) atoms. The average molecular weight is 284 g/mol. The molecule has 1 heterocycles. The maximum atomic E-state index is 14.3. The van der Waals surface area contributed by atoms with Gasteiger partial charge in [-0.3, -0.25) is 0 Å². The fraction of sp³-hybridized carbons (Fsp3) is 0.250. The van der Waals surface area contributed by atoms with Crippen LogP contribution in [0.15, 0.2) is 42.5 Å². The number of hydrogen-bond donors (Lipinski definition) is 1. The lowest BCUT2D eigenvalue weighted by atomic mass is 10.1. The predicted octanol–water partition coefficient (Wildman–Crippen LogP) is 3.06.